The van der Waals surface area contributed by atoms with Crippen molar-refractivity contribution in [1.29, 1.82) is 0 Å². The van der Waals surface area contributed by atoms with Gasteiger partial charge in [-0.1, -0.05) is 56.3 Å². The van der Waals surface area contributed by atoms with Gasteiger partial charge in [0.25, 0.3) is 10.0 Å². The molecule has 0 saturated heterocycles. The van der Waals surface area contributed by atoms with Crippen LogP contribution in [0, 0.1) is 5.92 Å². The lowest BCUT2D eigenvalue weighted by atomic mass is 9.83. The molecule has 1 aromatic heterocycles. The van der Waals surface area contributed by atoms with Gasteiger partial charge in [-0.3, -0.25) is 0 Å². The van der Waals surface area contributed by atoms with E-state index in [4.69, 9.17) is 14.6 Å². The van der Waals surface area contributed by atoms with Gasteiger partial charge in [0.15, 0.2) is 5.03 Å². The van der Waals surface area contributed by atoms with E-state index in [9.17, 15) is 21.6 Å². The molecule has 0 unspecified atom stereocenters. The number of nitrogens with zero attached hydrogens (tertiary/aromatic N) is 2. The Morgan fingerprint density at radius 1 is 1.18 bits per heavy atom. The molecule has 3 aromatic rings. The van der Waals surface area contributed by atoms with E-state index in [1.165, 1.54) is 18.1 Å². The van der Waals surface area contributed by atoms with Crippen LogP contribution in [-0.4, -0.2) is 54.4 Å². The Labute approximate surface area is 231 Å². The fourth-order valence-electron chi connectivity index (χ4n) is 4.13. The third kappa shape index (κ3) is 8.80. The molecule has 1 aliphatic rings. The second-order valence-corrected chi connectivity index (χ2v) is 11.6. The maximum atomic E-state index is 12.6. The number of nitrogens with one attached hydrogen (secondary N) is 2. The molecule has 4 rings (SSSR count). The predicted octanol–water partition coefficient (Wildman–Crippen LogP) is 3.86. The van der Waals surface area contributed by atoms with Crippen molar-refractivity contribution in [3.63, 3.8) is 0 Å². The van der Waals surface area contributed by atoms with Crippen LogP contribution in [0.2, 0.25) is 0 Å². The van der Waals surface area contributed by atoms with Crippen LogP contribution in [0.1, 0.15) is 36.5 Å². The van der Waals surface area contributed by atoms with Crippen LogP contribution in [0.4, 0.5) is 13.2 Å². The van der Waals surface area contributed by atoms with Gasteiger partial charge in [0, 0.05) is 31.7 Å². The molecule has 2 aromatic carbocycles. The number of carboxylic acid groups (broad SMARTS) is 1. The molecule has 1 aliphatic heterocycles. The van der Waals surface area contributed by atoms with E-state index in [1.807, 2.05) is 18.2 Å². The average molecular weight is 583 g/mol. The van der Waals surface area contributed by atoms with Crippen molar-refractivity contribution in [1.82, 2.24) is 19.6 Å². The van der Waals surface area contributed by atoms with Gasteiger partial charge in [0.2, 0.25) is 0 Å². The van der Waals surface area contributed by atoms with E-state index in [0.717, 1.165) is 29.8 Å². The van der Waals surface area contributed by atoms with Gasteiger partial charge < -0.3 is 19.7 Å². The SMILES string of the molecule is CC(C)CN[C@@H]1COc2ccc(CNS(=O)(=O)c3cn(C)cn3)cc2[C@@H]1Cc1ccccc1.O=C(O)C(F)(F)F. The smallest absolute Gasteiger partial charge is 0.490 e. The minimum Gasteiger partial charge on any atom is -0.492 e. The lowest BCUT2D eigenvalue weighted by Crippen LogP contribution is -2.44. The molecule has 0 amide bonds. The first-order valence-electron chi connectivity index (χ1n) is 12.6. The second-order valence-electron chi connectivity index (χ2n) is 9.89. The Bertz CT molecular complexity index is 1380. The summed E-state index contributed by atoms with van der Waals surface area (Å²) in [6.07, 6.45) is -1.23. The lowest BCUT2D eigenvalue weighted by molar-refractivity contribution is -0.192. The number of fused-ring (bicyclic) bond motifs is 1. The normalized spacial score (nSPS) is 17.0. The van der Waals surface area contributed by atoms with Crippen LogP contribution in [0.15, 0.2) is 66.1 Å². The van der Waals surface area contributed by atoms with Crippen molar-refractivity contribution in [2.24, 2.45) is 13.0 Å². The Balaban J connectivity index is 0.000000559. The van der Waals surface area contributed by atoms with E-state index in [0.29, 0.717) is 12.5 Å². The van der Waals surface area contributed by atoms with Crippen LogP contribution >= 0.6 is 0 Å². The van der Waals surface area contributed by atoms with Crippen LogP contribution in [0.5, 0.6) is 5.75 Å². The van der Waals surface area contributed by atoms with Gasteiger partial charge in [-0.05, 0) is 41.6 Å². The number of imidazole rings is 1. The zero-order chi connectivity index (χ0) is 29.5. The number of carbonyl (C=O) groups is 1. The number of aliphatic carboxylic acids is 1. The number of sulfonamides is 1. The molecule has 0 fully saturated rings. The van der Waals surface area contributed by atoms with Gasteiger partial charge in [-0.2, -0.15) is 13.2 Å². The molecule has 2 heterocycles. The summed E-state index contributed by atoms with van der Waals surface area (Å²) in [6.45, 7) is 6.11. The fraction of sp³-hybridized carbons (Fsp3) is 0.407. The highest BCUT2D eigenvalue weighted by Crippen LogP contribution is 2.37. The van der Waals surface area contributed by atoms with Crippen LogP contribution in [0.3, 0.4) is 0 Å². The summed E-state index contributed by atoms with van der Waals surface area (Å²) < 4.78 is 67.3. The van der Waals surface area contributed by atoms with Crippen LogP contribution in [-0.2, 0) is 34.8 Å². The summed E-state index contributed by atoms with van der Waals surface area (Å²) in [4.78, 5) is 12.9. The summed E-state index contributed by atoms with van der Waals surface area (Å²) in [5.74, 6) is -1.12. The number of ether oxygens (including phenoxy) is 1. The van der Waals surface area contributed by atoms with Crippen molar-refractivity contribution >= 4 is 16.0 Å². The van der Waals surface area contributed by atoms with Gasteiger partial charge in [-0.15, -0.1) is 0 Å². The summed E-state index contributed by atoms with van der Waals surface area (Å²) in [7, 11) is -1.93. The first kappa shape index (κ1) is 31.1. The van der Waals surface area contributed by atoms with Gasteiger partial charge in [0.05, 0.1) is 6.33 Å². The molecule has 0 bridgehead atoms. The van der Waals surface area contributed by atoms with E-state index in [1.54, 1.807) is 11.6 Å². The number of aryl methyl sites for hydroxylation is 1. The highest BCUT2D eigenvalue weighted by molar-refractivity contribution is 7.89. The molecule has 9 nitrogen and oxygen atoms in total. The molecule has 2 atom stereocenters. The van der Waals surface area contributed by atoms with Crippen LogP contribution in [0.25, 0.3) is 0 Å². The standard InChI is InChI=1S/C25H32N4O3S.C2HF3O2/c1-18(2)13-26-23-16-32-24-10-9-20(14-28-33(30,31)25-15-29(3)17-27-25)12-22(24)21(23)11-19-7-5-4-6-8-19;3-2(4,5)1(6)7/h4-10,12,15,17-18,21,23,26,28H,11,13-14,16H2,1-3H3;(H,6,7)/t21-,23+;/m0./s1. The zero-order valence-corrected chi connectivity index (χ0v) is 23.2. The number of alkyl halides is 3. The minimum absolute atomic E-state index is 0.0196. The topological polar surface area (TPSA) is 123 Å². The Morgan fingerprint density at radius 2 is 1.85 bits per heavy atom. The zero-order valence-electron chi connectivity index (χ0n) is 22.4. The van der Waals surface area contributed by atoms with E-state index < -0.39 is 22.2 Å². The maximum Gasteiger partial charge on any atom is 0.490 e. The van der Waals surface area contributed by atoms with Gasteiger partial charge in [0.1, 0.15) is 12.4 Å². The molecule has 0 spiro atoms. The Hall–Kier alpha value is -3.42. The number of benzene rings is 2. The summed E-state index contributed by atoms with van der Waals surface area (Å²) in [5.41, 5.74) is 3.27. The Morgan fingerprint density at radius 3 is 2.42 bits per heavy atom. The summed E-state index contributed by atoms with van der Waals surface area (Å²) in [5, 5.41) is 10.8. The number of aromatic nitrogens is 2. The lowest BCUT2D eigenvalue weighted by Gasteiger charge is -2.35. The van der Waals surface area contributed by atoms with Gasteiger partial charge in [-0.25, -0.2) is 22.9 Å². The predicted molar refractivity (Wildman–Crippen MR) is 142 cm³/mol. The largest absolute Gasteiger partial charge is 0.492 e. The number of hydrogen-bond donors (Lipinski definition) is 3. The van der Waals surface area contributed by atoms with Crippen molar-refractivity contribution in [2.75, 3.05) is 13.2 Å². The number of carboxylic acids is 1. The second kappa shape index (κ2) is 13.3. The first-order valence-corrected chi connectivity index (χ1v) is 14.0. The van der Waals surface area contributed by atoms with Crippen molar-refractivity contribution in [3.8, 4) is 5.75 Å². The molecule has 0 saturated carbocycles. The van der Waals surface area contributed by atoms with E-state index in [2.05, 4.69) is 59.2 Å². The number of hydrogen-bond acceptors (Lipinski definition) is 6. The number of rotatable bonds is 9. The van der Waals surface area contributed by atoms with Crippen molar-refractivity contribution in [3.05, 3.63) is 77.7 Å². The van der Waals surface area contributed by atoms with Crippen molar-refractivity contribution < 1.29 is 36.2 Å². The monoisotopic (exact) mass is 582 g/mol. The third-order valence-corrected chi connectivity index (χ3v) is 7.42. The van der Waals surface area contributed by atoms with E-state index >= 15 is 0 Å². The Kier molecular flexibility index (Phi) is 10.3. The van der Waals surface area contributed by atoms with Crippen molar-refractivity contribution in [2.45, 2.75) is 50.0 Å². The molecular weight excluding hydrogens is 549 g/mol. The molecule has 218 valence electrons. The highest BCUT2D eigenvalue weighted by Gasteiger charge is 2.38. The molecule has 3 N–H and O–H groups in total. The first-order chi connectivity index (χ1) is 18.8. The molecule has 0 aliphatic carbocycles. The minimum atomic E-state index is -5.08. The van der Waals surface area contributed by atoms with Crippen LogP contribution < -0.4 is 14.8 Å². The molecule has 0 radical (unpaired) electrons. The number of halogens is 3. The van der Waals surface area contributed by atoms with Gasteiger partial charge >= 0.3 is 12.1 Å². The molecule has 13 heteroatoms. The quantitative estimate of drug-likeness (QED) is 0.350. The fourth-order valence-corrected chi connectivity index (χ4v) is 5.13. The summed E-state index contributed by atoms with van der Waals surface area (Å²) in [6, 6.07) is 16.6. The van der Waals surface area contributed by atoms with E-state index in [-0.39, 0.29) is 23.5 Å². The maximum absolute atomic E-state index is 12.6. The average Bonchev–Trinajstić information content (AvgIpc) is 3.34. The highest BCUT2D eigenvalue weighted by atomic mass is 32.2. The third-order valence-electron chi connectivity index (χ3n) is 6.13. The summed E-state index contributed by atoms with van der Waals surface area (Å²) >= 11 is 0. The molecular formula is C27H33F3N4O5S. The molecule has 40 heavy (non-hydrogen) atoms.